The van der Waals surface area contributed by atoms with E-state index in [1.54, 1.807) is 0 Å². The van der Waals surface area contributed by atoms with Gasteiger partial charge in [0.05, 0.1) is 16.5 Å². The monoisotopic (exact) mass is 387 g/mol. The fourth-order valence-corrected chi connectivity index (χ4v) is 2.92. The zero-order chi connectivity index (χ0) is 20.0. The van der Waals surface area contributed by atoms with Gasteiger partial charge in [0.2, 0.25) is 0 Å². The number of hydrogen-bond acceptors (Lipinski definition) is 6. The Labute approximate surface area is 156 Å². The number of sulfonamides is 1. The molecular formula is C18H17N3O5S. The first-order valence-corrected chi connectivity index (χ1v) is 9.31. The van der Waals surface area contributed by atoms with Gasteiger partial charge in [0.15, 0.2) is 11.9 Å². The van der Waals surface area contributed by atoms with Crippen LogP contribution in [0, 0.1) is 11.3 Å². The average molecular weight is 387 g/mol. The van der Waals surface area contributed by atoms with Crippen LogP contribution < -0.4 is 15.0 Å². The fourth-order valence-electron chi connectivity index (χ4n) is 2.03. The molecule has 0 spiro atoms. The number of ketones is 1. The molecule has 0 aliphatic heterocycles. The van der Waals surface area contributed by atoms with E-state index < -0.39 is 22.0 Å². The third kappa shape index (κ3) is 5.37. The van der Waals surface area contributed by atoms with E-state index in [9.17, 15) is 18.0 Å². The van der Waals surface area contributed by atoms with E-state index in [2.05, 4.69) is 5.43 Å². The number of amides is 1. The summed E-state index contributed by atoms with van der Waals surface area (Å²) < 4.78 is 29.9. The molecule has 0 aliphatic rings. The molecule has 0 heterocycles. The molecule has 9 heteroatoms. The van der Waals surface area contributed by atoms with Gasteiger partial charge < -0.3 is 4.74 Å². The van der Waals surface area contributed by atoms with Gasteiger partial charge in [0.1, 0.15) is 5.75 Å². The van der Waals surface area contributed by atoms with Crippen molar-refractivity contribution < 1.29 is 22.7 Å². The number of nitrogens with one attached hydrogen (secondary N) is 2. The van der Waals surface area contributed by atoms with Gasteiger partial charge in [-0.3, -0.25) is 15.0 Å². The number of nitriles is 1. The number of Topliss-reactive ketones (excluding diaryl/α,β-unsaturated/α-hetero) is 1. The van der Waals surface area contributed by atoms with Crippen molar-refractivity contribution >= 4 is 21.7 Å². The minimum Gasteiger partial charge on any atom is -0.481 e. The highest BCUT2D eigenvalue weighted by Crippen LogP contribution is 2.14. The van der Waals surface area contributed by atoms with Crippen molar-refractivity contribution in [2.45, 2.75) is 24.8 Å². The van der Waals surface area contributed by atoms with Gasteiger partial charge in [-0.1, -0.05) is 12.1 Å². The molecule has 8 nitrogen and oxygen atoms in total. The molecule has 1 amide bonds. The molecule has 0 bridgehead atoms. The van der Waals surface area contributed by atoms with E-state index >= 15 is 0 Å². The smallest absolute Gasteiger partial charge is 0.275 e. The van der Waals surface area contributed by atoms with Crippen LogP contribution in [-0.4, -0.2) is 26.2 Å². The molecule has 0 aromatic heterocycles. The summed E-state index contributed by atoms with van der Waals surface area (Å²) in [6.45, 7) is 2.77. The van der Waals surface area contributed by atoms with Crippen LogP contribution in [-0.2, 0) is 14.8 Å². The molecule has 2 N–H and O–H groups in total. The van der Waals surface area contributed by atoms with Gasteiger partial charge in [0.25, 0.3) is 15.9 Å². The number of rotatable bonds is 7. The van der Waals surface area contributed by atoms with E-state index in [1.165, 1.54) is 62.4 Å². The van der Waals surface area contributed by atoms with Crippen LogP contribution in [0.1, 0.15) is 29.8 Å². The maximum absolute atomic E-state index is 12.3. The quantitative estimate of drug-likeness (QED) is 0.548. The summed E-state index contributed by atoms with van der Waals surface area (Å²) in [5.41, 5.74) is 2.76. The molecular weight excluding hydrogens is 370 g/mol. The minimum atomic E-state index is -4.05. The Bertz CT molecular complexity index is 994. The first-order valence-electron chi connectivity index (χ1n) is 7.82. The Morgan fingerprint density at radius 3 is 2.41 bits per heavy atom. The van der Waals surface area contributed by atoms with E-state index in [0.29, 0.717) is 11.3 Å². The topological polar surface area (TPSA) is 125 Å². The second-order valence-electron chi connectivity index (χ2n) is 5.58. The lowest BCUT2D eigenvalue weighted by molar-refractivity contribution is -0.127. The molecule has 0 unspecified atom stereocenters. The molecule has 2 aromatic rings. The Balaban J connectivity index is 1.99. The van der Waals surface area contributed by atoms with Crippen molar-refractivity contribution in [1.82, 2.24) is 10.3 Å². The highest BCUT2D eigenvalue weighted by molar-refractivity contribution is 7.89. The Kier molecular flexibility index (Phi) is 6.28. The molecule has 0 fully saturated rings. The lowest BCUT2D eigenvalue weighted by Gasteiger charge is -2.15. The molecule has 2 rings (SSSR count). The number of hydrogen-bond donors (Lipinski definition) is 2. The second-order valence-corrected chi connectivity index (χ2v) is 7.26. The van der Waals surface area contributed by atoms with Crippen molar-refractivity contribution in [2.24, 2.45) is 0 Å². The normalized spacial score (nSPS) is 11.9. The van der Waals surface area contributed by atoms with Gasteiger partial charge in [-0.15, -0.1) is 4.83 Å². The highest BCUT2D eigenvalue weighted by atomic mass is 32.2. The lowest BCUT2D eigenvalue weighted by Crippen LogP contribution is -2.47. The standard InChI is InChI=1S/C18H17N3O5S/c1-12(22)15-4-3-5-17(10-15)27(24,25)21-20-18(23)13(2)26-16-8-6-14(11-19)7-9-16/h3-10,13,21H,1-2H3,(H,20,23)/t13-/m0/s1. The summed E-state index contributed by atoms with van der Waals surface area (Å²) in [6, 6.07) is 13.5. The molecule has 0 aliphatic carbocycles. The Hall–Kier alpha value is -3.22. The van der Waals surface area contributed by atoms with Gasteiger partial charge in [-0.05, 0) is 50.2 Å². The summed E-state index contributed by atoms with van der Waals surface area (Å²) in [6.07, 6.45) is -0.996. The van der Waals surface area contributed by atoms with E-state index in [-0.39, 0.29) is 16.2 Å². The van der Waals surface area contributed by atoms with Crippen molar-refractivity contribution in [3.63, 3.8) is 0 Å². The summed E-state index contributed by atoms with van der Waals surface area (Å²) in [7, 11) is -4.05. The zero-order valence-corrected chi connectivity index (χ0v) is 15.4. The SMILES string of the molecule is CC(=O)c1cccc(S(=O)(=O)NNC(=O)[C@H](C)Oc2ccc(C#N)cc2)c1. The molecule has 0 radical (unpaired) electrons. The molecule has 0 saturated heterocycles. The third-order valence-corrected chi connectivity index (χ3v) is 4.77. The Morgan fingerprint density at radius 2 is 1.81 bits per heavy atom. The van der Waals surface area contributed by atoms with Crippen LogP contribution in [0.3, 0.4) is 0 Å². The summed E-state index contributed by atoms with van der Waals surface area (Å²) in [5, 5.41) is 8.75. The summed E-state index contributed by atoms with van der Waals surface area (Å²) >= 11 is 0. The van der Waals surface area contributed by atoms with Crippen molar-refractivity contribution in [3.05, 3.63) is 59.7 Å². The number of nitrogens with zero attached hydrogens (tertiary/aromatic N) is 1. The number of hydrazine groups is 1. The van der Waals surface area contributed by atoms with Crippen molar-refractivity contribution in [1.29, 1.82) is 5.26 Å². The van der Waals surface area contributed by atoms with Gasteiger partial charge >= 0.3 is 0 Å². The molecule has 1 atom stereocenters. The average Bonchev–Trinajstić information content (AvgIpc) is 2.66. The molecule has 0 saturated carbocycles. The predicted octanol–water partition coefficient (Wildman–Crippen LogP) is 1.54. The van der Waals surface area contributed by atoms with Crippen LogP contribution >= 0.6 is 0 Å². The second kappa shape index (κ2) is 8.44. The zero-order valence-electron chi connectivity index (χ0n) is 14.6. The van der Waals surface area contributed by atoms with Gasteiger partial charge in [-0.25, -0.2) is 8.42 Å². The maximum Gasteiger partial charge on any atom is 0.275 e. The van der Waals surface area contributed by atoms with Crippen LogP contribution in [0.2, 0.25) is 0 Å². The van der Waals surface area contributed by atoms with Crippen molar-refractivity contribution in [3.8, 4) is 11.8 Å². The maximum atomic E-state index is 12.3. The summed E-state index contributed by atoms with van der Waals surface area (Å²) in [4.78, 5) is 25.2. The fraction of sp³-hybridized carbons (Fsp3) is 0.167. The van der Waals surface area contributed by atoms with Gasteiger partial charge in [0, 0.05) is 5.56 Å². The predicted molar refractivity (Wildman–Crippen MR) is 96.2 cm³/mol. The number of benzene rings is 2. The van der Waals surface area contributed by atoms with Crippen LogP contribution in [0.4, 0.5) is 0 Å². The van der Waals surface area contributed by atoms with E-state index in [4.69, 9.17) is 10.00 Å². The number of carbonyl (C=O) groups excluding carboxylic acids is 2. The lowest BCUT2D eigenvalue weighted by atomic mass is 10.2. The van der Waals surface area contributed by atoms with E-state index in [0.717, 1.165) is 0 Å². The van der Waals surface area contributed by atoms with Crippen LogP contribution in [0.5, 0.6) is 5.75 Å². The minimum absolute atomic E-state index is 0.156. The third-order valence-electron chi connectivity index (χ3n) is 3.52. The Morgan fingerprint density at radius 1 is 1.15 bits per heavy atom. The van der Waals surface area contributed by atoms with Crippen LogP contribution in [0.15, 0.2) is 53.4 Å². The largest absolute Gasteiger partial charge is 0.481 e. The molecule has 2 aromatic carbocycles. The van der Waals surface area contributed by atoms with E-state index in [1.807, 2.05) is 10.9 Å². The molecule has 27 heavy (non-hydrogen) atoms. The first-order chi connectivity index (χ1) is 12.7. The summed E-state index contributed by atoms with van der Waals surface area (Å²) in [5.74, 6) is -0.639. The number of ether oxygens (including phenoxy) is 1. The molecule has 140 valence electrons. The van der Waals surface area contributed by atoms with Gasteiger partial charge in [-0.2, -0.15) is 5.26 Å². The van der Waals surface area contributed by atoms with Crippen molar-refractivity contribution in [2.75, 3.05) is 0 Å². The van der Waals surface area contributed by atoms with Crippen LogP contribution in [0.25, 0.3) is 0 Å². The number of carbonyl (C=O) groups is 2. The highest BCUT2D eigenvalue weighted by Gasteiger charge is 2.20. The first kappa shape index (κ1) is 20.1.